The van der Waals surface area contributed by atoms with Gasteiger partial charge >= 0.3 is 39.0 Å². The Morgan fingerprint density at radius 1 is 0.654 bits per heavy atom. The molecule has 2 aromatic heterocycles. The molecule has 2 aromatic rings. The molecule has 0 radical (unpaired) electrons. The quantitative estimate of drug-likeness (QED) is 0.271. The molecule has 0 aliphatic heterocycles. The molecule has 22 N–H and O–H groups in total. The van der Waals surface area contributed by atoms with Crippen molar-refractivity contribution in [1.29, 1.82) is 0 Å². The van der Waals surface area contributed by atoms with Gasteiger partial charge in [0.25, 0.3) is 0 Å². The molecule has 0 aliphatic rings. The van der Waals surface area contributed by atoms with Gasteiger partial charge in [-0.3, -0.25) is 20.6 Å². The molecule has 0 aromatic carbocycles. The maximum absolute atomic E-state index is 9.75. The van der Waals surface area contributed by atoms with Crippen molar-refractivity contribution in [3.63, 3.8) is 0 Å². The molecule has 22 heteroatoms. The standard InChI is InChI=1S/2C2H2N4O2.8H2O.2Zn/c2*7-2(8)1-3-5-6-4-1;;;;;;;;;;/h2*(H2,3,4,5,6,7,8);8*1H2;;/q;;;;;;;;;;2*+2/p+2. The molecule has 0 fully saturated rings. The maximum Gasteiger partial charge on any atom is 2.00 e. The van der Waals surface area contributed by atoms with E-state index in [2.05, 4.69) is 41.2 Å². The summed E-state index contributed by atoms with van der Waals surface area (Å²) < 4.78 is 0. The summed E-state index contributed by atoms with van der Waals surface area (Å²) in [4.78, 5) is 19.5. The van der Waals surface area contributed by atoms with Gasteiger partial charge in [0, 0.05) is 0 Å². The third-order valence-corrected chi connectivity index (χ3v) is 1.00. The minimum atomic E-state index is -1.46. The summed E-state index contributed by atoms with van der Waals surface area (Å²) in [5, 5.41) is 43.1. The topological polar surface area (TPSA) is 447 Å². The first-order valence-electron chi connectivity index (χ1n) is 3.41. The Balaban J connectivity index is -0.0000000178. The summed E-state index contributed by atoms with van der Waals surface area (Å²) in [7, 11) is 0. The fraction of sp³-hybridized carbons (Fsp3) is 0. The molecule has 20 nitrogen and oxygen atoms in total. The molecule has 0 spiro atoms. The van der Waals surface area contributed by atoms with E-state index >= 15 is 0 Å². The summed E-state index contributed by atoms with van der Waals surface area (Å²) in [5.41, 5.74) is 0. The number of tetrazole rings is 2. The average molecular weight is 505 g/mol. The van der Waals surface area contributed by atoms with Crippen LogP contribution in [0.15, 0.2) is 0 Å². The molecule has 0 unspecified atom stereocenters. The number of rotatable bonds is 2. The van der Waals surface area contributed by atoms with Gasteiger partial charge in [-0.15, -0.1) is 0 Å². The number of carbonyl (C=O) groups is 2. The van der Waals surface area contributed by atoms with Crippen molar-refractivity contribution in [3.05, 3.63) is 11.6 Å². The Bertz CT molecular complexity index is 425. The molecule has 2 rings (SSSR count). The van der Waals surface area contributed by atoms with Gasteiger partial charge in [-0.1, -0.05) is 0 Å². The van der Waals surface area contributed by atoms with E-state index in [0.29, 0.717) is 0 Å². The van der Waals surface area contributed by atoms with E-state index in [9.17, 15) is 19.8 Å². The molecule has 0 aliphatic carbocycles. The van der Waals surface area contributed by atoms with Crippen LogP contribution in [0.2, 0.25) is 0 Å². The smallest absolute Gasteiger partial charge is 0.544 e. The minimum absolute atomic E-state index is 0. The predicted molar refractivity (Wildman–Crippen MR) is 71.4 cm³/mol. The molecule has 0 bridgehead atoms. The summed E-state index contributed by atoms with van der Waals surface area (Å²) in [6.45, 7) is 0. The second kappa shape index (κ2) is 34.4. The van der Waals surface area contributed by atoms with E-state index in [1.807, 2.05) is 0 Å². The number of carboxylic acids is 2. The van der Waals surface area contributed by atoms with Gasteiger partial charge in [-0.2, -0.15) is 10.4 Å². The summed E-state index contributed by atoms with van der Waals surface area (Å²) in [6.07, 6.45) is 0. The number of hydrogen-bond acceptors (Lipinski definition) is 10. The molecule has 0 saturated carbocycles. The van der Waals surface area contributed by atoms with Gasteiger partial charge in [0.1, 0.15) is 0 Å². The van der Waals surface area contributed by atoms with Crippen molar-refractivity contribution in [2.24, 2.45) is 0 Å². The van der Waals surface area contributed by atoms with E-state index in [1.54, 1.807) is 0 Å². The van der Waals surface area contributed by atoms with Gasteiger partial charge in [-0.25, -0.2) is 0 Å². The van der Waals surface area contributed by atoms with Gasteiger partial charge in [0.2, 0.25) is 0 Å². The summed E-state index contributed by atoms with van der Waals surface area (Å²) in [6, 6.07) is 0. The Kier molecular flexibility index (Phi) is 85.6. The molecule has 0 saturated heterocycles. The Labute approximate surface area is 167 Å². The number of nitrogens with zero attached hydrogens (tertiary/aromatic N) is 8. The van der Waals surface area contributed by atoms with Gasteiger partial charge in [0.15, 0.2) is 0 Å². The van der Waals surface area contributed by atoms with Crippen LogP contribution in [0.25, 0.3) is 0 Å². The second-order valence-electron chi connectivity index (χ2n) is 1.98. The summed E-state index contributed by atoms with van der Waals surface area (Å²) >= 11 is 0. The van der Waals surface area contributed by atoms with Crippen LogP contribution in [0.1, 0.15) is 21.2 Å². The largest absolute Gasteiger partial charge is 2.00 e. The maximum atomic E-state index is 9.75. The third-order valence-electron chi connectivity index (χ3n) is 1.00. The molecule has 26 heavy (non-hydrogen) atoms. The first-order chi connectivity index (χ1) is 7.61. The number of aromatic nitrogens is 8. The molecule has 0 atom stereocenters. The van der Waals surface area contributed by atoms with Crippen molar-refractivity contribution >= 4 is 11.9 Å². The SMILES string of the molecule is O.O.O=C([O-])c1nnn[n-]1.O=C([O-])c1nnn[n-]1.[OH3+].[OH3+].[OH3+].[OH3+].[OH3+].[OH3+].[Zn+2].[Zn+2]. The minimum Gasteiger partial charge on any atom is -0.544 e. The van der Waals surface area contributed by atoms with Crippen LogP contribution in [0, 0.1) is 0 Å². The zero-order valence-corrected chi connectivity index (χ0v) is 19.0. The molecular formula is C4H22N8O12Zn2+6. The van der Waals surface area contributed by atoms with E-state index in [1.165, 1.54) is 0 Å². The monoisotopic (exact) mass is 502 g/mol. The van der Waals surface area contributed by atoms with Crippen LogP contribution in [-0.4, -0.2) is 53.9 Å². The Morgan fingerprint density at radius 2 is 0.885 bits per heavy atom. The molecule has 0 amide bonds. The number of aromatic carboxylic acids is 2. The molecular weight excluding hydrogens is 483 g/mol. The zero-order valence-electron chi connectivity index (χ0n) is 13.1. The zero-order chi connectivity index (χ0) is 12.0. The first-order valence-corrected chi connectivity index (χ1v) is 3.41. The van der Waals surface area contributed by atoms with Crippen molar-refractivity contribution in [2.75, 3.05) is 0 Å². The van der Waals surface area contributed by atoms with Crippen LogP contribution in [0.5, 0.6) is 0 Å². The molecule has 2 heterocycles. The van der Waals surface area contributed by atoms with Crippen molar-refractivity contribution in [1.82, 2.24) is 41.2 Å². The van der Waals surface area contributed by atoms with Crippen LogP contribution < -0.4 is 20.4 Å². The van der Waals surface area contributed by atoms with Crippen LogP contribution in [-0.2, 0) is 71.8 Å². The van der Waals surface area contributed by atoms with Gasteiger partial charge < -0.3 is 73.8 Å². The Morgan fingerprint density at radius 3 is 0.962 bits per heavy atom. The number of carbonyl (C=O) groups excluding carboxylic acids is 2. The summed E-state index contributed by atoms with van der Waals surface area (Å²) in [5.74, 6) is -3.89. The van der Waals surface area contributed by atoms with E-state index in [4.69, 9.17) is 0 Å². The van der Waals surface area contributed by atoms with Gasteiger partial charge in [0.05, 0.1) is 23.6 Å². The Hall–Kier alpha value is -1.99. The van der Waals surface area contributed by atoms with Gasteiger partial charge in [-0.05, 0) is 0 Å². The fourth-order valence-corrected chi connectivity index (χ4v) is 0.453. The van der Waals surface area contributed by atoms with Crippen molar-refractivity contribution in [2.45, 2.75) is 0 Å². The van der Waals surface area contributed by atoms with Crippen molar-refractivity contribution < 1.29 is 103 Å². The van der Waals surface area contributed by atoms with E-state index < -0.39 is 23.6 Å². The fourth-order valence-electron chi connectivity index (χ4n) is 0.453. The van der Waals surface area contributed by atoms with Crippen LogP contribution >= 0.6 is 0 Å². The third kappa shape index (κ3) is 24.3. The van der Waals surface area contributed by atoms with Crippen LogP contribution in [0.4, 0.5) is 0 Å². The molecule has 148 valence electrons. The number of hydrogen-bond donors (Lipinski definition) is 0. The van der Waals surface area contributed by atoms with E-state index in [0.717, 1.165) is 0 Å². The first kappa shape index (κ1) is 64.8. The van der Waals surface area contributed by atoms with E-state index in [-0.39, 0.29) is 82.8 Å². The normalized spacial score (nSPS) is 5.54. The van der Waals surface area contributed by atoms with Crippen LogP contribution in [0.3, 0.4) is 0 Å². The second-order valence-corrected chi connectivity index (χ2v) is 1.98. The average Bonchev–Trinajstić information content (AvgIpc) is 2.93. The van der Waals surface area contributed by atoms with Crippen molar-refractivity contribution in [3.8, 4) is 0 Å². The number of carboxylic acid groups (broad SMARTS) is 2. The predicted octanol–water partition coefficient (Wildman–Crippen LogP) is -12.8.